The van der Waals surface area contributed by atoms with E-state index in [4.69, 9.17) is 14.6 Å². The Bertz CT molecular complexity index is 1450. The molecule has 0 radical (unpaired) electrons. The number of benzene rings is 3. The highest BCUT2D eigenvalue weighted by molar-refractivity contribution is 8.15. The molecule has 0 bridgehead atoms. The van der Waals surface area contributed by atoms with Crippen LogP contribution in [0.1, 0.15) is 41.1 Å². The molecule has 2 heterocycles. The molecule has 3 aromatic rings. The van der Waals surface area contributed by atoms with Gasteiger partial charge < -0.3 is 14.8 Å². The number of hydrogen-bond donors (Lipinski definition) is 1. The molecule has 5 rings (SSSR count). The highest BCUT2D eigenvalue weighted by Gasteiger charge is 2.39. The van der Waals surface area contributed by atoms with Crippen LogP contribution in [0.3, 0.4) is 0 Å². The third kappa shape index (κ3) is 5.83. The summed E-state index contributed by atoms with van der Waals surface area (Å²) in [6.45, 7) is 4.03. The van der Waals surface area contributed by atoms with E-state index >= 15 is 0 Å². The van der Waals surface area contributed by atoms with Crippen LogP contribution in [0.15, 0.2) is 76.8 Å². The van der Waals surface area contributed by atoms with Crippen LogP contribution < -0.4 is 14.8 Å². The second kappa shape index (κ2) is 11.3. The summed E-state index contributed by atoms with van der Waals surface area (Å²) in [6, 6.07) is 21.2. The predicted molar refractivity (Wildman–Crippen MR) is 155 cm³/mol. The molecular formula is C30H30N4O4S. The minimum atomic E-state index is -0.616. The van der Waals surface area contributed by atoms with Crippen molar-refractivity contribution in [2.24, 2.45) is 10.1 Å². The maximum atomic E-state index is 12.9. The molecule has 0 fully saturated rings. The first-order chi connectivity index (χ1) is 18.8. The van der Waals surface area contributed by atoms with Crippen molar-refractivity contribution in [1.29, 1.82) is 0 Å². The van der Waals surface area contributed by atoms with Crippen LogP contribution in [0, 0.1) is 13.8 Å². The van der Waals surface area contributed by atoms with Crippen LogP contribution in [0.25, 0.3) is 0 Å². The number of carbonyl (C=O) groups excluding carboxylic acids is 2. The molecular weight excluding hydrogens is 512 g/mol. The third-order valence-corrected chi connectivity index (χ3v) is 7.86. The van der Waals surface area contributed by atoms with Gasteiger partial charge in [-0.1, -0.05) is 59.3 Å². The van der Waals surface area contributed by atoms with Gasteiger partial charge in [0.05, 0.1) is 26.0 Å². The van der Waals surface area contributed by atoms with Gasteiger partial charge in [-0.05, 0) is 49.7 Å². The number of rotatable bonds is 7. The van der Waals surface area contributed by atoms with Crippen LogP contribution in [0.5, 0.6) is 11.5 Å². The highest BCUT2D eigenvalue weighted by atomic mass is 32.2. The van der Waals surface area contributed by atoms with Gasteiger partial charge in [0.15, 0.2) is 5.17 Å². The van der Waals surface area contributed by atoms with Crippen LogP contribution >= 0.6 is 11.8 Å². The van der Waals surface area contributed by atoms with Gasteiger partial charge in [0, 0.05) is 24.1 Å². The van der Waals surface area contributed by atoms with E-state index < -0.39 is 5.25 Å². The standard InChI is InChI=1S/C30H30N4O4S/c1-18-5-9-20(10-6-18)25-16-24(23-15-22(37-3)13-14-26(23)38-4)33-34(25)30-32-29(36)27(39-30)17-28(35)31-21-11-7-19(2)8-12-21/h5-15,25,27H,16-17H2,1-4H3,(H,31,35)/t25-,27-/m1/s1. The second-order valence-electron chi connectivity index (χ2n) is 9.55. The Morgan fingerprint density at radius 2 is 1.69 bits per heavy atom. The molecule has 0 aromatic heterocycles. The number of nitrogens with one attached hydrogen (secondary N) is 1. The maximum absolute atomic E-state index is 12.9. The molecule has 2 aliphatic heterocycles. The summed E-state index contributed by atoms with van der Waals surface area (Å²) in [5.74, 6) is 0.810. The van der Waals surface area contributed by atoms with E-state index in [1.165, 1.54) is 11.8 Å². The summed E-state index contributed by atoms with van der Waals surface area (Å²) < 4.78 is 11.1. The number of carbonyl (C=O) groups is 2. The summed E-state index contributed by atoms with van der Waals surface area (Å²) in [5.41, 5.74) is 5.63. The fraction of sp³-hybridized carbons (Fsp3) is 0.267. The van der Waals surface area contributed by atoms with E-state index in [-0.39, 0.29) is 24.3 Å². The predicted octanol–water partition coefficient (Wildman–Crippen LogP) is 5.50. The molecule has 0 unspecified atom stereocenters. The lowest BCUT2D eigenvalue weighted by Crippen LogP contribution is -2.25. The van der Waals surface area contributed by atoms with E-state index in [1.54, 1.807) is 19.2 Å². The van der Waals surface area contributed by atoms with Crippen LogP contribution in [0.2, 0.25) is 0 Å². The van der Waals surface area contributed by atoms with Crippen molar-refractivity contribution in [2.45, 2.75) is 38.0 Å². The number of anilines is 1. The Morgan fingerprint density at radius 3 is 2.36 bits per heavy atom. The number of aliphatic imine (C=N–C) groups is 1. The molecule has 0 saturated heterocycles. The lowest BCUT2D eigenvalue weighted by Gasteiger charge is -2.23. The highest BCUT2D eigenvalue weighted by Crippen LogP contribution is 2.40. The number of thioether (sulfide) groups is 1. The fourth-order valence-electron chi connectivity index (χ4n) is 4.56. The van der Waals surface area contributed by atoms with E-state index in [2.05, 4.69) is 34.6 Å². The van der Waals surface area contributed by atoms with Gasteiger partial charge in [0.25, 0.3) is 5.91 Å². The van der Waals surface area contributed by atoms with E-state index in [1.807, 2.05) is 56.3 Å². The SMILES string of the molecule is COc1ccc(OC)c(C2=NN(C3=NC(=O)[C@@H](CC(=O)Nc4ccc(C)cc4)S3)[C@@H](c3ccc(C)cc3)C2)c1. The van der Waals surface area contributed by atoms with Gasteiger partial charge in [0.2, 0.25) is 5.91 Å². The Morgan fingerprint density at radius 1 is 1.00 bits per heavy atom. The quantitative estimate of drug-likeness (QED) is 0.424. The first-order valence-corrected chi connectivity index (χ1v) is 13.5. The van der Waals surface area contributed by atoms with E-state index in [0.717, 1.165) is 28.0 Å². The number of ether oxygens (including phenoxy) is 2. The average Bonchev–Trinajstić information content (AvgIpc) is 3.54. The summed E-state index contributed by atoms with van der Waals surface area (Å²) in [7, 11) is 3.24. The average molecular weight is 543 g/mol. The molecule has 0 saturated carbocycles. The smallest absolute Gasteiger partial charge is 0.262 e. The molecule has 9 heteroatoms. The molecule has 39 heavy (non-hydrogen) atoms. The summed E-state index contributed by atoms with van der Waals surface area (Å²) in [4.78, 5) is 30.0. The summed E-state index contributed by atoms with van der Waals surface area (Å²) in [6.07, 6.45) is 0.604. The van der Waals surface area contributed by atoms with Gasteiger partial charge in [-0.25, -0.2) is 5.01 Å². The number of aryl methyl sites for hydroxylation is 2. The Labute approximate surface area is 232 Å². The minimum absolute atomic E-state index is 0.0215. The third-order valence-electron chi connectivity index (χ3n) is 6.72. The summed E-state index contributed by atoms with van der Waals surface area (Å²) >= 11 is 1.28. The van der Waals surface area contributed by atoms with Crippen molar-refractivity contribution in [1.82, 2.24) is 5.01 Å². The van der Waals surface area contributed by atoms with Crippen LogP contribution in [0.4, 0.5) is 5.69 Å². The van der Waals surface area contributed by atoms with Crippen molar-refractivity contribution >= 4 is 40.1 Å². The van der Waals surface area contributed by atoms with E-state index in [9.17, 15) is 9.59 Å². The van der Waals surface area contributed by atoms with Gasteiger partial charge in [-0.2, -0.15) is 10.1 Å². The van der Waals surface area contributed by atoms with Crippen molar-refractivity contribution in [3.8, 4) is 11.5 Å². The van der Waals surface area contributed by atoms with E-state index in [0.29, 0.717) is 28.8 Å². The molecule has 2 amide bonds. The largest absolute Gasteiger partial charge is 0.497 e. The van der Waals surface area contributed by atoms with Gasteiger partial charge >= 0.3 is 0 Å². The van der Waals surface area contributed by atoms with Crippen molar-refractivity contribution in [3.63, 3.8) is 0 Å². The number of methoxy groups -OCH3 is 2. The molecule has 0 aliphatic carbocycles. The second-order valence-corrected chi connectivity index (χ2v) is 10.7. The number of hydrazone groups is 1. The van der Waals surface area contributed by atoms with Gasteiger partial charge in [-0.3, -0.25) is 9.59 Å². The lowest BCUT2D eigenvalue weighted by atomic mass is 9.97. The number of amidine groups is 1. The zero-order valence-electron chi connectivity index (χ0n) is 22.3. The van der Waals surface area contributed by atoms with Gasteiger partial charge in [0.1, 0.15) is 16.7 Å². The Balaban J connectivity index is 1.40. The normalized spacial score (nSPS) is 18.6. The molecule has 200 valence electrons. The lowest BCUT2D eigenvalue weighted by molar-refractivity contribution is -0.121. The number of nitrogens with zero attached hydrogens (tertiary/aromatic N) is 3. The Kier molecular flexibility index (Phi) is 7.70. The molecule has 3 aromatic carbocycles. The first-order valence-electron chi connectivity index (χ1n) is 12.7. The van der Waals surface area contributed by atoms with Crippen molar-refractivity contribution in [3.05, 3.63) is 89.0 Å². The number of amides is 2. The fourth-order valence-corrected chi connectivity index (χ4v) is 5.62. The molecule has 2 aliphatic rings. The maximum Gasteiger partial charge on any atom is 0.262 e. The zero-order valence-corrected chi connectivity index (χ0v) is 23.1. The topological polar surface area (TPSA) is 92.6 Å². The van der Waals surface area contributed by atoms with Crippen molar-refractivity contribution in [2.75, 3.05) is 19.5 Å². The molecule has 2 atom stereocenters. The van der Waals surface area contributed by atoms with Crippen molar-refractivity contribution < 1.29 is 19.1 Å². The van der Waals surface area contributed by atoms with Gasteiger partial charge in [-0.15, -0.1) is 0 Å². The Hall–Kier alpha value is -4.11. The summed E-state index contributed by atoms with van der Waals surface area (Å²) in [5, 5.41) is 9.48. The van der Waals surface area contributed by atoms with Crippen LogP contribution in [-0.4, -0.2) is 47.2 Å². The molecule has 0 spiro atoms. The molecule has 8 nitrogen and oxygen atoms in total. The monoisotopic (exact) mass is 542 g/mol. The number of hydrogen-bond acceptors (Lipinski definition) is 7. The zero-order chi connectivity index (χ0) is 27.5. The first kappa shape index (κ1) is 26.5. The molecule has 1 N–H and O–H groups in total. The minimum Gasteiger partial charge on any atom is -0.497 e. The van der Waals surface area contributed by atoms with Crippen LogP contribution in [-0.2, 0) is 9.59 Å².